The molecule has 3 nitrogen and oxygen atoms in total. The molecular formula is C18H14ClNO2. The van der Waals surface area contributed by atoms with Crippen LogP contribution in [0.1, 0.15) is 16.7 Å². The van der Waals surface area contributed by atoms with Crippen LogP contribution in [0, 0.1) is 13.8 Å². The predicted octanol–water partition coefficient (Wildman–Crippen LogP) is 3.91. The average molecular weight is 312 g/mol. The zero-order valence-electron chi connectivity index (χ0n) is 12.3. The van der Waals surface area contributed by atoms with Crippen molar-refractivity contribution in [2.45, 2.75) is 13.8 Å². The van der Waals surface area contributed by atoms with Crippen LogP contribution in [0.2, 0.25) is 5.02 Å². The van der Waals surface area contributed by atoms with Crippen LogP contribution in [0.25, 0.3) is 5.57 Å². The molecule has 22 heavy (non-hydrogen) atoms. The molecule has 2 aromatic carbocycles. The molecule has 0 aliphatic carbocycles. The summed E-state index contributed by atoms with van der Waals surface area (Å²) in [7, 11) is 0. The molecular weight excluding hydrogens is 298 g/mol. The number of hydrogen-bond donors (Lipinski definition) is 0. The summed E-state index contributed by atoms with van der Waals surface area (Å²) in [5.41, 5.74) is 3.68. The molecule has 0 bridgehead atoms. The van der Waals surface area contributed by atoms with Gasteiger partial charge in [-0.05, 0) is 48.7 Å². The van der Waals surface area contributed by atoms with E-state index in [4.69, 9.17) is 11.6 Å². The normalized spacial score (nSPS) is 14.5. The molecule has 1 aliphatic heterocycles. The smallest absolute Gasteiger partial charge is 0.266 e. The first kappa shape index (κ1) is 14.5. The summed E-state index contributed by atoms with van der Waals surface area (Å²) in [5, 5.41) is 0.590. The van der Waals surface area contributed by atoms with Gasteiger partial charge in [0.25, 0.3) is 11.8 Å². The van der Waals surface area contributed by atoms with Crippen molar-refractivity contribution in [1.82, 2.24) is 0 Å². The molecule has 110 valence electrons. The van der Waals surface area contributed by atoms with E-state index < -0.39 is 0 Å². The van der Waals surface area contributed by atoms with Crippen LogP contribution < -0.4 is 4.90 Å². The van der Waals surface area contributed by atoms with Gasteiger partial charge in [-0.25, -0.2) is 4.90 Å². The fourth-order valence-electron chi connectivity index (χ4n) is 2.51. The molecule has 4 heteroatoms. The number of imide groups is 1. The van der Waals surface area contributed by atoms with Gasteiger partial charge in [0.05, 0.1) is 11.3 Å². The Morgan fingerprint density at radius 2 is 1.64 bits per heavy atom. The van der Waals surface area contributed by atoms with Gasteiger partial charge in [0.1, 0.15) is 0 Å². The fraction of sp³-hybridized carbons (Fsp3) is 0.111. The molecule has 0 unspecified atom stereocenters. The fourth-order valence-corrected chi connectivity index (χ4v) is 2.64. The highest BCUT2D eigenvalue weighted by Crippen LogP contribution is 2.31. The van der Waals surface area contributed by atoms with Crippen LogP contribution in [-0.4, -0.2) is 11.8 Å². The van der Waals surface area contributed by atoms with Crippen molar-refractivity contribution in [3.63, 3.8) is 0 Å². The van der Waals surface area contributed by atoms with Gasteiger partial charge in [-0.1, -0.05) is 35.9 Å². The van der Waals surface area contributed by atoms with Crippen molar-refractivity contribution in [3.8, 4) is 0 Å². The largest absolute Gasteiger partial charge is 0.269 e. The van der Waals surface area contributed by atoms with Gasteiger partial charge in [-0.2, -0.15) is 0 Å². The van der Waals surface area contributed by atoms with E-state index in [2.05, 4.69) is 0 Å². The molecule has 0 saturated heterocycles. The van der Waals surface area contributed by atoms with Gasteiger partial charge in [0.15, 0.2) is 0 Å². The maximum atomic E-state index is 12.7. The van der Waals surface area contributed by atoms with Gasteiger partial charge in [-0.15, -0.1) is 0 Å². The summed E-state index contributed by atoms with van der Waals surface area (Å²) >= 11 is 5.86. The van der Waals surface area contributed by atoms with Crippen LogP contribution in [-0.2, 0) is 9.59 Å². The van der Waals surface area contributed by atoms with Gasteiger partial charge < -0.3 is 0 Å². The standard InChI is InChI=1S/C18H14ClNO2/c1-11-4-3-5-16(12(11)2)20-17(21)10-15(18(20)22)13-6-8-14(19)9-7-13/h3-10H,1-2H3. The van der Waals surface area contributed by atoms with Gasteiger partial charge in [-0.3, -0.25) is 9.59 Å². The van der Waals surface area contributed by atoms with Crippen LogP contribution in [0.5, 0.6) is 0 Å². The monoisotopic (exact) mass is 311 g/mol. The van der Waals surface area contributed by atoms with E-state index in [1.807, 2.05) is 26.0 Å². The molecule has 2 aromatic rings. The summed E-state index contributed by atoms with van der Waals surface area (Å²) in [6.07, 6.45) is 1.38. The average Bonchev–Trinajstić information content (AvgIpc) is 2.78. The second kappa shape index (κ2) is 5.43. The molecule has 0 spiro atoms. The third kappa shape index (κ3) is 2.34. The number of carbonyl (C=O) groups is 2. The highest BCUT2D eigenvalue weighted by Gasteiger charge is 2.33. The molecule has 0 radical (unpaired) electrons. The minimum Gasteiger partial charge on any atom is -0.269 e. The number of hydrogen-bond acceptors (Lipinski definition) is 2. The van der Waals surface area contributed by atoms with E-state index in [0.29, 0.717) is 21.8 Å². The van der Waals surface area contributed by atoms with Gasteiger partial charge in [0, 0.05) is 11.1 Å². The van der Waals surface area contributed by atoms with Crippen LogP contribution >= 0.6 is 11.6 Å². The lowest BCUT2D eigenvalue weighted by Crippen LogP contribution is -2.31. The Bertz CT molecular complexity index is 806. The van der Waals surface area contributed by atoms with E-state index in [-0.39, 0.29) is 11.8 Å². The van der Waals surface area contributed by atoms with Crippen molar-refractivity contribution in [2.24, 2.45) is 0 Å². The number of aryl methyl sites for hydroxylation is 1. The molecule has 1 aliphatic rings. The third-order valence-electron chi connectivity index (χ3n) is 3.89. The molecule has 0 N–H and O–H groups in total. The topological polar surface area (TPSA) is 37.4 Å². The van der Waals surface area contributed by atoms with Crippen LogP contribution in [0.3, 0.4) is 0 Å². The molecule has 1 heterocycles. The second-order valence-electron chi connectivity index (χ2n) is 5.26. The van der Waals surface area contributed by atoms with Crippen LogP contribution in [0.4, 0.5) is 5.69 Å². The number of anilines is 1. The molecule has 2 amide bonds. The number of nitrogens with zero attached hydrogens (tertiary/aromatic N) is 1. The van der Waals surface area contributed by atoms with Gasteiger partial charge in [0.2, 0.25) is 0 Å². The maximum Gasteiger partial charge on any atom is 0.266 e. The summed E-state index contributed by atoms with van der Waals surface area (Å²) < 4.78 is 0. The summed E-state index contributed by atoms with van der Waals surface area (Å²) in [5.74, 6) is -0.621. The lowest BCUT2D eigenvalue weighted by molar-refractivity contribution is -0.119. The number of carbonyl (C=O) groups excluding carboxylic acids is 2. The van der Waals surface area contributed by atoms with Gasteiger partial charge >= 0.3 is 0 Å². The quantitative estimate of drug-likeness (QED) is 0.788. The van der Waals surface area contributed by atoms with E-state index in [1.165, 1.54) is 11.0 Å². The maximum absolute atomic E-state index is 12.7. The van der Waals surface area contributed by atoms with E-state index >= 15 is 0 Å². The molecule has 0 aromatic heterocycles. The predicted molar refractivity (Wildman–Crippen MR) is 87.8 cm³/mol. The third-order valence-corrected chi connectivity index (χ3v) is 4.15. The SMILES string of the molecule is Cc1cccc(N2C(=O)C=C(c3ccc(Cl)cc3)C2=O)c1C. The second-order valence-corrected chi connectivity index (χ2v) is 5.70. The number of halogens is 1. The number of benzene rings is 2. The van der Waals surface area contributed by atoms with E-state index in [9.17, 15) is 9.59 Å². The molecule has 0 atom stereocenters. The Balaban J connectivity index is 2.02. The molecule has 0 saturated carbocycles. The summed E-state index contributed by atoms with van der Waals surface area (Å²) in [6.45, 7) is 3.86. The Morgan fingerprint density at radius 3 is 2.32 bits per heavy atom. The summed E-state index contributed by atoms with van der Waals surface area (Å²) in [6, 6.07) is 12.5. The number of amides is 2. The Hall–Kier alpha value is -2.39. The lowest BCUT2D eigenvalue weighted by atomic mass is 10.1. The van der Waals surface area contributed by atoms with Crippen molar-refractivity contribution in [1.29, 1.82) is 0 Å². The summed E-state index contributed by atoms with van der Waals surface area (Å²) in [4.78, 5) is 26.2. The van der Waals surface area contributed by atoms with E-state index in [0.717, 1.165) is 11.1 Å². The van der Waals surface area contributed by atoms with Crippen molar-refractivity contribution in [3.05, 3.63) is 70.3 Å². The Morgan fingerprint density at radius 1 is 0.955 bits per heavy atom. The zero-order chi connectivity index (χ0) is 15.9. The first-order chi connectivity index (χ1) is 10.5. The zero-order valence-corrected chi connectivity index (χ0v) is 13.0. The van der Waals surface area contributed by atoms with Crippen LogP contribution in [0.15, 0.2) is 48.5 Å². The minimum absolute atomic E-state index is 0.305. The Labute approximate surface area is 133 Å². The highest BCUT2D eigenvalue weighted by atomic mass is 35.5. The van der Waals surface area contributed by atoms with Crippen molar-refractivity contribution >= 4 is 34.7 Å². The molecule has 0 fully saturated rings. The molecule has 3 rings (SSSR count). The number of rotatable bonds is 2. The highest BCUT2D eigenvalue weighted by molar-refractivity contribution is 6.43. The van der Waals surface area contributed by atoms with E-state index in [1.54, 1.807) is 30.3 Å². The lowest BCUT2D eigenvalue weighted by Gasteiger charge is -2.18. The van der Waals surface area contributed by atoms with Crippen molar-refractivity contribution < 1.29 is 9.59 Å². The minimum atomic E-state index is -0.316. The first-order valence-electron chi connectivity index (χ1n) is 6.91. The first-order valence-corrected chi connectivity index (χ1v) is 7.29. The van der Waals surface area contributed by atoms with Crippen molar-refractivity contribution in [2.75, 3.05) is 4.90 Å². The Kier molecular flexibility index (Phi) is 3.59.